The van der Waals surface area contributed by atoms with Crippen molar-refractivity contribution >= 4 is 71.7 Å². The molecule has 0 aliphatic heterocycles. The Labute approximate surface area is 315 Å². The summed E-state index contributed by atoms with van der Waals surface area (Å²) in [6.45, 7) is 0. The Hall–Kier alpha value is -7.57. The number of hydrogen-bond acceptors (Lipinski definition) is 6. The van der Waals surface area contributed by atoms with Gasteiger partial charge in [-0.2, -0.15) is 0 Å². The Morgan fingerprint density at radius 1 is 0.345 bits per heavy atom. The summed E-state index contributed by atoms with van der Waals surface area (Å²) < 4.78 is 13.0. The average Bonchev–Trinajstić information content (AvgIpc) is 3.82. The maximum atomic E-state index is 6.66. The molecule has 0 N–H and O–H groups in total. The smallest absolute Gasteiger partial charge is 0.164 e. The van der Waals surface area contributed by atoms with Gasteiger partial charge in [0, 0.05) is 67.4 Å². The number of fused-ring (bicyclic) bond motifs is 7. The molecule has 6 nitrogen and oxygen atoms in total. The highest BCUT2D eigenvalue weighted by atomic mass is 16.3. The van der Waals surface area contributed by atoms with Gasteiger partial charge >= 0.3 is 0 Å². The molecule has 55 heavy (non-hydrogen) atoms. The van der Waals surface area contributed by atoms with Gasteiger partial charge in [-0.1, -0.05) is 121 Å². The van der Waals surface area contributed by atoms with Gasteiger partial charge in [-0.25, -0.2) is 15.0 Å². The van der Waals surface area contributed by atoms with Crippen LogP contribution in [0.25, 0.3) is 88.8 Å². The number of aromatic nitrogens is 3. The zero-order valence-corrected chi connectivity index (χ0v) is 29.4. The molecule has 11 aromatic rings. The third kappa shape index (κ3) is 5.23. The molecule has 0 aliphatic rings. The van der Waals surface area contributed by atoms with Crippen LogP contribution in [-0.4, -0.2) is 15.0 Å². The molecule has 0 bridgehead atoms. The molecule has 3 heterocycles. The summed E-state index contributed by atoms with van der Waals surface area (Å²) in [5.41, 5.74) is 8.94. The fraction of sp³-hybridized carbons (Fsp3) is 0. The summed E-state index contributed by atoms with van der Waals surface area (Å²) >= 11 is 0. The monoisotopic (exact) mass is 706 g/mol. The predicted octanol–water partition coefficient (Wildman–Crippen LogP) is 13.3. The highest BCUT2D eigenvalue weighted by Gasteiger charge is 2.21. The van der Waals surface area contributed by atoms with E-state index < -0.39 is 0 Å². The van der Waals surface area contributed by atoms with Crippen LogP contribution in [0.5, 0.6) is 0 Å². The van der Waals surface area contributed by atoms with Crippen LogP contribution in [0, 0.1) is 0 Å². The van der Waals surface area contributed by atoms with Crippen LogP contribution >= 0.6 is 0 Å². The van der Waals surface area contributed by atoms with E-state index in [-0.39, 0.29) is 0 Å². The first kappa shape index (κ1) is 31.0. The van der Waals surface area contributed by atoms with E-state index in [4.69, 9.17) is 23.8 Å². The van der Waals surface area contributed by atoms with Crippen LogP contribution in [0.2, 0.25) is 0 Å². The Balaban J connectivity index is 1.08. The minimum atomic E-state index is 0.583. The van der Waals surface area contributed by atoms with Gasteiger partial charge in [0.25, 0.3) is 0 Å². The van der Waals surface area contributed by atoms with Crippen LogP contribution in [0.15, 0.2) is 191 Å². The third-order valence-corrected chi connectivity index (χ3v) is 10.3. The second-order valence-electron chi connectivity index (χ2n) is 13.6. The quantitative estimate of drug-likeness (QED) is 0.171. The number of rotatable bonds is 6. The molecule has 0 spiro atoms. The maximum Gasteiger partial charge on any atom is 0.164 e. The van der Waals surface area contributed by atoms with Gasteiger partial charge in [0.2, 0.25) is 0 Å². The van der Waals surface area contributed by atoms with Crippen molar-refractivity contribution in [2.24, 2.45) is 0 Å². The molecule has 258 valence electrons. The Morgan fingerprint density at radius 3 is 1.71 bits per heavy atom. The number of para-hydroxylation sites is 2. The van der Waals surface area contributed by atoms with Gasteiger partial charge in [0.15, 0.2) is 17.5 Å². The summed E-state index contributed by atoms with van der Waals surface area (Å²) in [4.78, 5) is 17.5. The lowest BCUT2D eigenvalue weighted by Gasteiger charge is -2.25. The lowest BCUT2D eigenvalue weighted by molar-refractivity contribution is 0.669. The molecule has 6 heteroatoms. The summed E-state index contributed by atoms with van der Waals surface area (Å²) in [5.74, 6) is 1.81. The Morgan fingerprint density at radius 2 is 0.891 bits per heavy atom. The molecule has 8 aromatic carbocycles. The number of furan rings is 2. The average molecular weight is 707 g/mol. The van der Waals surface area contributed by atoms with Crippen molar-refractivity contribution in [3.8, 4) is 34.2 Å². The van der Waals surface area contributed by atoms with Crippen LogP contribution in [-0.2, 0) is 0 Å². The number of nitrogens with zero attached hydrogens (tertiary/aromatic N) is 4. The molecule has 0 radical (unpaired) electrons. The highest BCUT2D eigenvalue weighted by molar-refractivity contribution is 6.13. The number of benzene rings is 8. The molecule has 0 saturated carbocycles. The third-order valence-electron chi connectivity index (χ3n) is 10.3. The highest BCUT2D eigenvalue weighted by Crippen LogP contribution is 2.42. The predicted molar refractivity (Wildman–Crippen MR) is 223 cm³/mol. The van der Waals surface area contributed by atoms with E-state index in [1.807, 2.05) is 66.7 Å². The lowest BCUT2D eigenvalue weighted by Crippen LogP contribution is -2.09. The maximum absolute atomic E-state index is 6.66. The van der Waals surface area contributed by atoms with E-state index in [1.54, 1.807) is 0 Å². The summed E-state index contributed by atoms with van der Waals surface area (Å²) in [6, 6.07) is 62.1. The summed E-state index contributed by atoms with van der Waals surface area (Å²) in [7, 11) is 0. The summed E-state index contributed by atoms with van der Waals surface area (Å²) in [5, 5.41) is 6.33. The van der Waals surface area contributed by atoms with Gasteiger partial charge in [-0.15, -0.1) is 0 Å². The van der Waals surface area contributed by atoms with Crippen LogP contribution in [0.4, 0.5) is 17.1 Å². The fourth-order valence-corrected chi connectivity index (χ4v) is 7.77. The molecule has 0 aliphatic carbocycles. The van der Waals surface area contributed by atoms with E-state index in [2.05, 4.69) is 120 Å². The lowest BCUT2D eigenvalue weighted by atomic mass is 10.0. The zero-order chi connectivity index (χ0) is 36.3. The van der Waals surface area contributed by atoms with E-state index >= 15 is 0 Å². The normalized spacial score (nSPS) is 11.6. The SMILES string of the molecule is c1ccc(-c2nc(-c3cccc4ccccc34)nc(-c3cccc4oc5cc(N(c6ccccc6)c6ccc7c(c6)oc6ccccc67)ccc5c34)n2)cc1. The number of hydrogen-bond donors (Lipinski definition) is 0. The van der Waals surface area contributed by atoms with Crippen LogP contribution in [0.1, 0.15) is 0 Å². The first-order valence-corrected chi connectivity index (χ1v) is 18.3. The zero-order valence-electron chi connectivity index (χ0n) is 29.4. The van der Waals surface area contributed by atoms with Crippen molar-refractivity contribution in [1.82, 2.24) is 15.0 Å². The van der Waals surface area contributed by atoms with E-state index in [0.29, 0.717) is 17.5 Å². The van der Waals surface area contributed by atoms with E-state index in [9.17, 15) is 0 Å². The van der Waals surface area contributed by atoms with Crippen molar-refractivity contribution < 1.29 is 8.83 Å². The fourth-order valence-electron chi connectivity index (χ4n) is 7.77. The topological polar surface area (TPSA) is 68.2 Å². The number of anilines is 3. The minimum absolute atomic E-state index is 0.583. The van der Waals surface area contributed by atoms with Gasteiger partial charge in [-0.3, -0.25) is 0 Å². The van der Waals surface area contributed by atoms with Crippen LogP contribution < -0.4 is 4.90 Å². The van der Waals surface area contributed by atoms with Crippen molar-refractivity contribution in [3.05, 3.63) is 182 Å². The van der Waals surface area contributed by atoms with Gasteiger partial charge in [-0.05, 0) is 59.3 Å². The summed E-state index contributed by atoms with van der Waals surface area (Å²) in [6.07, 6.45) is 0. The van der Waals surface area contributed by atoms with E-state index in [1.165, 1.54) is 0 Å². The molecule has 0 saturated heterocycles. The molecule has 0 unspecified atom stereocenters. The van der Waals surface area contributed by atoms with Crippen molar-refractivity contribution in [2.75, 3.05) is 4.90 Å². The molecular formula is C49H30N4O2. The first-order chi connectivity index (χ1) is 27.2. The Bertz CT molecular complexity index is 3220. The largest absolute Gasteiger partial charge is 0.456 e. The standard InChI is InChI=1S/C49H30N4O2/c1-3-14-32(15-4-1)47-50-48(39-21-11-16-31-13-7-8-19-36(31)39)52-49(51-47)41-22-12-24-43-46(41)40-28-26-35(30-45(40)55-43)53(33-17-5-2-6-18-33)34-25-27-38-37-20-9-10-23-42(37)54-44(38)29-34/h1-30H. The van der Waals surface area contributed by atoms with Crippen LogP contribution in [0.3, 0.4) is 0 Å². The van der Waals surface area contributed by atoms with Gasteiger partial charge in [0.05, 0.1) is 0 Å². The second kappa shape index (κ2) is 12.5. The van der Waals surface area contributed by atoms with Gasteiger partial charge in [0.1, 0.15) is 22.3 Å². The molecule has 0 fully saturated rings. The minimum Gasteiger partial charge on any atom is -0.456 e. The van der Waals surface area contributed by atoms with E-state index in [0.717, 1.165) is 88.4 Å². The van der Waals surface area contributed by atoms with Crippen molar-refractivity contribution in [1.29, 1.82) is 0 Å². The molecule has 3 aromatic heterocycles. The first-order valence-electron chi connectivity index (χ1n) is 18.3. The Kier molecular flexibility index (Phi) is 7.07. The molecular weight excluding hydrogens is 677 g/mol. The second-order valence-corrected chi connectivity index (χ2v) is 13.6. The van der Waals surface area contributed by atoms with Gasteiger partial charge < -0.3 is 13.7 Å². The molecule has 11 rings (SSSR count). The van der Waals surface area contributed by atoms with Crippen molar-refractivity contribution in [2.45, 2.75) is 0 Å². The van der Waals surface area contributed by atoms with Crippen molar-refractivity contribution in [3.63, 3.8) is 0 Å². The molecule has 0 amide bonds. The molecule has 0 atom stereocenters.